The van der Waals surface area contributed by atoms with Crippen molar-refractivity contribution in [3.63, 3.8) is 0 Å². The summed E-state index contributed by atoms with van der Waals surface area (Å²) in [5.41, 5.74) is 0.892. The molecule has 1 fully saturated rings. The third kappa shape index (κ3) is 7.36. The fraction of sp³-hybridized carbons (Fsp3) is 0.548. The second kappa shape index (κ2) is 12.5. The van der Waals surface area contributed by atoms with Gasteiger partial charge < -0.3 is 14.9 Å². The molecule has 1 aliphatic carbocycles. The number of fused-ring (bicyclic) bond motifs is 1. The molecule has 1 N–H and O–H groups in total. The van der Waals surface area contributed by atoms with Crippen molar-refractivity contribution in [2.75, 3.05) is 22.9 Å². The van der Waals surface area contributed by atoms with Crippen LogP contribution in [0, 0.1) is 25.7 Å². The van der Waals surface area contributed by atoms with Gasteiger partial charge in [0.2, 0.25) is 0 Å². The van der Waals surface area contributed by atoms with Crippen LogP contribution in [0.2, 0.25) is 0 Å². The Morgan fingerprint density at radius 3 is 2.16 bits per heavy atom. The minimum atomic E-state index is -4.97. The molecule has 0 unspecified atom stereocenters. The molecule has 0 saturated heterocycles. The highest BCUT2D eigenvalue weighted by Gasteiger charge is 2.38. The number of tetrazole rings is 1. The molecule has 0 amide bonds. The van der Waals surface area contributed by atoms with Gasteiger partial charge in [0.05, 0.1) is 30.1 Å². The average Bonchev–Trinajstić information content (AvgIpc) is 3.30. The van der Waals surface area contributed by atoms with Crippen molar-refractivity contribution in [2.45, 2.75) is 77.3 Å². The Balaban J connectivity index is 1.55. The van der Waals surface area contributed by atoms with Crippen LogP contribution in [0.3, 0.4) is 0 Å². The lowest BCUT2D eigenvalue weighted by molar-refractivity contribution is -0.144. The zero-order valence-corrected chi connectivity index (χ0v) is 25.3. The molecule has 2 aliphatic rings. The Morgan fingerprint density at radius 2 is 1.60 bits per heavy atom. The van der Waals surface area contributed by atoms with E-state index in [9.17, 15) is 36.2 Å². The predicted molar refractivity (Wildman–Crippen MR) is 155 cm³/mol. The smallest absolute Gasteiger partial charge is 0.416 e. The summed E-state index contributed by atoms with van der Waals surface area (Å²) in [6.45, 7) is 5.04. The molecule has 1 saturated carbocycles. The zero-order chi connectivity index (χ0) is 32.7. The maximum Gasteiger partial charge on any atom is 0.416 e. The van der Waals surface area contributed by atoms with E-state index in [-0.39, 0.29) is 30.0 Å². The quantitative estimate of drug-likeness (QED) is 0.276. The van der Waals surface area contributed by atoms with E-state index in [4.69, 9.17) is 0 Å². The minimum absolute atomic E-state index is 0.0963. The van der Waals surface area contributed by atoms with Crippen LogP contribution in [0.15, 0.2) is 30.3 Å². The number of carboxylic acids is 1. The molecule has 244 valence electrons. The number of halogens is 6. The van der Waals surface area contributed by atoms with Crippen molar-refractivity contribution >= 4 is 17.6 Å². The highest BCUT2D eigenvalue weighted by atomic mass is 19.4. The molecule has 2 aromatic carbocycles. The van der Waals surface area contributed by atoms with Crippen molar-refractivity contribution in [1.29, 1.82) is 0 Å². The number of alkyl halides is 6. The van der Waals surface area contributed by atoms with Crippen molar-refractivity contribution in [1.82, 2.24) is 20.2 Å². The summed E-state index contributed by atoms with van der Waals surface area (Å²) in [5, 5.41) is 21.8. The van der Waals surface area contributed by atoms with Crippen LogP contribution in [0.5, 0.6) is 0 Å². The topological polar surface area (TPSA) is 87.4 Å². The molecule has 0 spiro atoms. The SMILES string of the molecule is Cc1cc(C)c2c(c1)[C@@H](N(Cc1cc(C(F)(F)F)cc(C(F)(F)F)c1)c1nnn(C)n1)CCCN2CC1CCC(C(=O)O)CC1. The Bertz CT molecular complexity index is 1500. The summed E-state index contributed by atoms with van der Waals surface area (Å²) in [4.78, 5) is 16.6. The largest absolute Gasteiger partial charge is 0.481 e. The van der Waals surface area contributed by atoms with Crippen LogP contribution in [-0.2, 0) is 30.7 Å². The van der Waals surface area contributed by atoms with Crippen molar-refractivity contribution < 1.29 is 36.2 Å². The third-order valence-corrected chi connectivity index (χ3v) is 8.86. The molecule has 8 nitrogen and oxygen atoms in total. The predicted octanol–water partition coefficient (Wildman–Crippen LogP) is 7.10. The van der Waals surface area contributed by atoms with Gasteiger partial charge in [-0.3, -0.25) is 4.79 Å². The first-order valence-electron chi connectivity index (χ1n) is 15.0. The average molecular weight is 639 g/mol. The number of benzene rings is 2. The Labute approximate surface area is 257 Å². The number of anilines is 2. The van der Waals surface area contributed by atoms with Crippen LogP contribution in [0.1, 0.15) is 77.9 Å². The highest BCUT2D eigenvalue weighted by molar-refractivity contribution is 5.70. The van der Waals surface area contributed by atoms with Gasteiger partial charge in [-0.15, -0.1) is 5.10 Å². The molecule has 1 aliphatic heterocycles. The molecule has 0 radical (unpaired) electrons. The molecule has 0 bridgehead atoms. The van der Waals surface area contributed by atoms with Crippen LogP contribution in [0.4, 0.5) is 38.0 Å². The maximum atomic E-state index is 13.7. The molecular formula is C31H36F6N6O2. The van der Waals surface area contributed by atoms with Crippen LogP contribution >= 0.6 is 0 Å². The van der Waals surface area contributed by atoms with Crippen molar-refractivity contribution in [2.24, 2.45) is 18.9 Å². The summed E-state index contributed by atoms with van der Waals surface area (Å²) in [6, 6.07) is 5.23. The van der Waals surface area contributed by atoms with Gasteiger partial charge in [-0.25, -0.2) is 0 Å². The molecular weight excluding hydrogens is 602 g/mol. The highest BCUT2D eigenvalue weighted by Crippen LogP contribution is 2.43. The van der Waals surface area contributed by atoms with E-state index in [1.165, 1.54) is 11.8 Å². The first-order chi connectivity index (χ1) is 21.1. The summed E-state index contributed by atoms with van der Waals surface area (Å²) >= 11 is 0. The lowest BCUT2D eigenvalue weighted by atomic mass is 9.81. The standard InChI is InChI=1S/C31H36F6N6O2/c1-18-11-19(2)27-25(12-18)26(5-4-10-42(27)16-20-6-8-22(9-7-20)28(44)45)43(29-38-40-41(3)39-29)17-21-13-23(30(32,33)34)15-24(14-21)31(35,36)37/h11-15,20,22,26H,4-10,16-17H2,1-3H3,(H,44,45)/t20?,22?,26-/m0/s1. The normalized spacial score (nSPS) is 20.9. The number of aliphatic carboxylic acids is 1. The fourth-order valence-electron chi connectivity index (χ4n) is 6.85. The van der Waals surface area contributed by atoms with Crippen molar-refractivity contribution in [3.8, 4) is 0 Å². The number of hydrogen-bond donors (Lipinski definition) is 1. The zero-order valence-electron chi connectivity index (χ0n) is 25.3. The number of nitrogens with zero attached hydrogens (tertiary/aromatic N) is 6. The fourth-order valence-corrected chi connectivity index (χ4v) is 6.85. The van der Waals surface area contributed by atoms with E-state index in [0.717, 1.165) is 53.9 Å². The Morgan fingerprint density at radius 1 is 0.956 bits per heavy atom. The first kappa shape index (κ1) is 32.6. The molecule has 5 rings (SSSR count). The van der Waals surface area contributed by atoms with Gasteiger partial charge in [0.15, 0.2) is 0 Å². The number of aromatic nitrogens is 4. The second-order valence-electron chi connectivity index (χ2n) is 12.3. The van der Waals surface area contributed by atoms with Gasteiger partial charge >= 0.3 is 18.3 Å². The molecule has 1 atom stereocenters. The minimum Gasteiger partial charge on any atom is -0.481 e. The summed E-state index contributed by atoms with van der Waals surface area (Å²) in [6.07, 6.45) is -5.87. The lowest BCUT2D eigenvalue weighted by Gasteiger charge is -2.36. The number of aryl methyl sites for hydroxylation is 3. The van der Waals surface area contributed by atoms with Gasteiger partial charge in [0.25, 0.3) is 5.95 Å². The van der Waals surface area contributed by atoms with E-state index in [0.29, 0.717) is 38.1 Å². The van der Waals surface area contributed by atoms with Gasteiger partial charge in [0.1, 0.15) is 0 Å². The summed E-state index contributed by atoms with van der Waals surface area (Å²) in [7, 11) is 1.54. The first-order valence-corrected chi connectivity index (χ1v) is 15.0. The maximum absolute atomic E-state index is 13.7. The Kier molecular flexibility index (Phi) is 9.05. The number of hydrogen-bond acceptors (Lipinski definition) is 6. The number of rotatable bonds is 7. The van der Waals surface area contributed by atoms with Gasteiger partial charge in [-0.2, -0.15) is 31.1 Å². The van der Waals surface area contributed by atoms with E-state index < -0.39 is 35.5 Å². The van der Waals surface area contributed by atoms with Crippen LogP contribution in [0.25, 0.3) is 0 Å². The number of carbonyl (C=O) groups is 1. The number of carboxylic acid groups (broad SMARTS) is 1. The van der Waals surface area contributed by atoms with E-state index in [1.54, 1.807) is 4.90 Å². The van der Waals surface area contributed by atoms with Gasteiger partial charge in [0, 0.05) is 25.3 Å². The molecule has 2 heterocycles. The van der Waals surface area contributed by atoms with Crippen LogP contribution < -0.4 is 9.80 Å². The molecule has 45 heavy (non-hydrogen) atoms. The van der Waals surface area contributed by atoms with Crippen LogP contribution in [-0.4, -0.2) is 44.4 Å². The molecule has 14 heteroatoms. The van der Waals surface area contributed by atoms with Gasteiger partial charge in [-0.1, -0.05) is 22.8 Å². The van der Waals surface area contributed by atoms with E-state index in [1.807, 2.05) is 19.9 Å². The van der Waals surface area contributed by atoms with Gasteiger partial charge in [-0.05, 0) is 98.4 Å². The van der Waals surface area contributed by atoms with E-state index in [2.05, 4.69) is 26.4 Å². The second-order valence-corrected chi connectivity index (χ2v) is 12.3. The third-order valence-electron chi connectivity index (χ3n) is 8.86. The van der Waals surface area contributed by atoms with Crippen molar-refractivity contribution in [3.05, 3.63) is 63.7 Å². The summed E-state index contributed by atoms with van der Waals surface area (Å²) < 4.78 is 82.4. The molecule has 1 aromatic heterocycles. The van der Waals surface area contributed by atoms with E-state index >= 15 is 0 Å². The molecule has 3 aromatic rings. The lowest BCUT2D eigenvalue weighted by Crippen LogP contribution is -2.34. The monoisotopic (exact) mass is 638 g/mol. The summed E-state index contributed by atoms with van der Waals surface area (Å²) in [5.74, 6) is -0.690. The Hall–Kier alpha value is -3.84.